The van der Waals surface area contributed by atoms with E-state index < -0.39 is 9.84 Å². The molecule has 0 spiro atoms. The van der Waals surface area contributed by atoms with E-state index >= 15 is 0 Å². The van der Waals surface area contributed by atoms with Crippen LogP contribution in [0.25, 0.3) is 33.3 Å². The highest BCUT2D eigenvalue weighted by Gasteiger charge is 2.12. The van der Waals surface area contributed by atoms with Gasteiger partial charge >= 0.3 is 0 Å². The zero-order valence-electron chi connectivity index (χ0n) is 21.8. The first-order chi connectivity index (χ1) is 19.4. The lowest BCUT2D eigenvalue weighted by Crippen LogP contribution is -2.21. The second kappa shape index (κ2) is 10.9. The van der Waals surface area contributed by atoms with Gasteiger partial charge in [-0.2, -0.15) is 5.10 Å². The number of benzene rings is 2. The van der Waals surface area contributed by atoms with E-state index in [9.17, 15) is 8.42 Å². The zero-order chi connectivity index (χ0) is 27.5. The molecule has 0 fully saturated rings. The average Bonchev–Trinajstić information content (AvgIpc) is 3.58. The van der Waals surface area contributed by atoms with E-state index in [0.717, 1.165) is 22.0 Å². The van der Waals surface area contributed by atoms with Crippen LogP contribution in [0.4, 0.5) is 11.5 Å². The van der Waals surface area contributed by atoms with Crippen LogP contribution in [0.2, 0.25) is 0 Å². The van der Waals surface area contributed by atoms with Crippen LogP contribution in [0.15, 0.2) is 89.9 Å². The van der Waals surface area contributed by atoms with Gasteiger partial charge in [0.1, 0.15) is 33.4 Å². The predicted octanol–water partition coefficient (Wildman–Crippen LogP) is 4.56. The molecule has 202 valence electrons. The Morgan fingerprint density at radius 1 is 0.950 bits per heavy atom. The molecular formula is C29H27N7O3S. The van der Waals surface area contributed by atoms with Crippen molar-refractivity contribution in [3.05, 3.63) is 96.8 Å². The van der Waals surface area contributed by atoms with Gasteiger partial charge in [0, 0.05) is 29.3 Å². The number of nitrogens with zero attached hydrogens (tertiary/aromatic N) is 5. The van der Waals surface area contributed by atoms with Crippen LogP contribution in [0, 0.1) is 0 Å². The standard InChI is InChI=1S/C29H27N7O3S/c1-40(37,38)12-11-30-16-23-8-10-28(39-23)25-14-24-26(17-31-25)32-19-33-29(24)35-22-7-9-27-21(13-22)15-34-36(27)18-20-5-3-2-4-6-20/h2-10,13-15,17,19,30H,11-12,16,18H2,1H3,(H,32,33,35). The number of sulfone groups is 1. The van der Waals surface area contributed by atoms with Gasteiger partial charge in [-0.05, 0) is 42.0 Å². The Morgan fingerprint density at radius 2 is 1.82 bits per heavy atom. The van der Waals surface area contributed by atoms with Gasteiger partial charge in [0.05, 0.1) is 42.3 Å². The first kappa shape index (κ1) is 25.7. The Labute approximate surface area is 231 Å². The number of hydrogen-bond donors (Lipinski definition) is 2. The molecule has 0 aliphatic carbocycles. The summed E-state index contributed by atoms with van der Waals surface area (Å²) in [4.78, 5) is 13.4. The van der Waals surface area contributed by atoms with Gasteiger partial charge in [-0.15, -0.1) is 0 Å². The summed E-state index contributed by atoms with van der Waals surface area (Å²) in [6.07, 6.45) is 6.29. The summed E-state index contributed by atoms with van der Waals surface area (Å²) < 4.78 is 30.6. The van der Waals surface area contributed by atoms with E-state index in [2.05, 4.69) is 54.9 Å². The lowest BCUT2D eigenvalue weighted by Gasteiger charge is -2.10. The summed E-state index contributed by atoms with van der Waals surface area (Å²) in [5.74, 6) is 2.02. The molecular weight excluding hydrogens is 526 g/mol. The molecule has 11 heteroatoms. The number of furan rings is 1. The molecule has 40 heavy (non-hydrogen) atoms. The van der Waals surface area contributed by atoms with E-state index in [-0.39, 0.29) is 5.75 Å². The Kier molecular flexibility index (Phi) is 6.97. The molecule has 0 saturated heterocycles. The molecule has 4 aromatic heterocycles. The van der Waals surface area contributed by atoms with Crippen molar-refractivity contribution < 1.29 is 12.8 Å². The highest BCUT2D eigenvalue weighted by atomic mass is 32.2. The van der Waals surface area contributed by atoms with E-state index in [0.29, 0.717) is 48.2 Å². The van der Waals surface area contributed by atoms with Crippen LogP contribution in [0.3, 0.4) is 0 Å². The summed E-state index contributed by atoms with van der Waals surface area (Å²) in [7, 11) is -3.01. The minimum Gasteiger partial charge on any atom is -0.458 e. The summed E-state index contributed by atoms with van der Waals surface area (Å²) >= 11 is 0. The van der Waals surface area contributed by atoms with Crippen molar-refractivity contribution in [1.29, 1.82) is 0 Å². The molecule has 0 aliphatic rings. The van der Waals surface area contributed by atoms with Gasteiger partial charge in [0.15, 0.2) is 5.76 Å². The lowest BCUT2D eigenvalue weighted by molar-refractivity contribution is 0.496. The van der Waals surface area contributed by atoms with Crippen LogP contribution in [-0.4, -0.2) is 51.7 Å². The highest BCUT2D eigenvalue weighted by molar-refractivity contribution is 7.90. The van der Waals surface area contributed by atoms with Crippen molar-refractivity contribution >= 4 is 43.1 Å². The fourth-order valence-corrected chi connectivity index (χ4v) is 4.97. The van der Waals surface area contributed by atoms with Crippen molar-refractivity contribution in [3.8, 4) is 11.5 Å². The molecule has 10 nitrogen and oxygen atoms in total. The maximum absolute atomic E-state index is 11.3. The van der Waals surface area contributed by atoms with Gasteiger partial charge in [0.25, 0.3) is 0 Å². The second-order valence-corrected chi connectivity index (χ2v) is 11.8. The van der Waals surface area contributed by atoms with Crippen molar-refractivity contribution in [3.63, 3.8) is 0 Å². The van der Waals surface area contributed by atoms with Crippen LogP contribution in [-0.2, 0) is 22.9 Å². The van der Waals surface area contributed by atoms with Crippen LogP contribution >= 0.6 is 0 Å². The quantitative estimate of drug-likeness (QED) is 0.235. The van der Waals surface area contributed by atoms with Crippen LogP contribution < -0.4 is 10.6 Å². The molecule has 0 saturated carbocycles. The van der Waals surface area contributed by atoms with Crippen molar-refractivity contribution in [2.24, 2.45) is 0 Å². The van der Waals surface area contributed by atoms with E-state index in [1.165, 1.54) is 18.1 Å². The fourth-order valence-electron chi connectivity index (χ4n) is 4.46. The van der Waals surface area contributed by atoms with Crippen LogP contribution in [0.5, 0.6) is 0 Å². The normalized spacial score (nSPS) is 11.8. The first-order valence-electron chi connectivity index (χ1n) is 12.8. The molecule has 6 rings (SSSR count). The van der Waals surface area contributed by atoms with E-state index in [1.54, 1.807) is 6.20 Å². The summed E-state index contributed by atoms with van der Waals surface area (Å²) in [6, 6.07) is 22.0. The number of anilines is 2. The number of rotatable bonds is 10. The topological polar surface area (TPSA) is 128 Å². The molecule has 2 N–H and O–H groups in total. The molecule has 6 aromatic rings. The third-order valence-electron chi connectivity index (χ3n) is 6.46. The molecule has 0 amide bonds. The maximum atomic E-state index is 11.3. The molecule has 0 atom stereocenters. The molecule has 0 bridgehead atoms. The summed E-state index contributed by atoms with van der Waals surface area (Å²) in [6.45, 7) is 1.48. The third-order valence-corrected chi connectivity index (χ3v) is 7.41. The Balaban J connectivity index is 1.21. The highest BCUT2D eigenvalue weighted by Crippen LogP contribution is 2.29. The lowest BCUT2D eigenvalue weighted by atomic mass is 10.2. The Bertz CT molecular complexity index is 1900. The Hall–Kier alpha value is -4.61. The van der Waals surface area contributed by atoms with Gasteiger partial charge in [-0.3, -0.25) is 9.67 Å². The fraction of sp³-hybridized carbons (Fsp3) is 0.172. The second-order valence-electron chi connectivity index (χ2n) is 9.57. The minimum atomic E-state index is -3.01. The molecule has 2 aromatic carbocycles. The minimum absolute atomic E-state index is 0.0749. The number of aromatic nitrogens is 5. The van der Waals surface area contributed by atoms with Gasteiger partial charge in [-0.1, -0.05) is 30.3 Å². The largest absolute Gasteiger partial charge is 0.458 e. The van der Waals surface area contributed by atoms with Crippen LogP contribution in [0.1, 0.15) is 11.3 Å². The number of pyridine rings is 1. The average molecular weight is 554 g/mol. The van der Waals surface area contributed by atoms with Gasteiger partial charge in [-0.25, -0.2) is 18.4 Å². The van der Waals surface area contributed by atoms with Crippen molar-refractivity contribution in [2.45, 2.75) is 13.1 Å². The number of fused-ring (bicyclic) bond motifs is 2. The smallest absolute Gasteiger partial charge is 0.152 e. The van der Waals surface area contributed by atoms with Gasteiger partial charge < -0.3 is 15.1 Å². The molecule has 0 unspecified atom stereocenters. The predicted molar refractivity (Wildman–Crippen MR) is 155 cm³/mol. The maximum Gasteiger partial charge on any atom is 0.152 e. The SMILES string of the molecule is CS(=O)(=O)CCNCc1ccc(-c2cc3c(Nc4ccc5c(cnn5Cc5ccccc5)c4)ncnc3cn2)o1. The monoisotopic (exact) mass is 553 g/mol. The Morgan fingerprint density at radius 3 is 2.67 bits per heavy atom. The zero-order valence-corrected chi connectivity index (χ0v) is 22.6. The summed E-state index contributed by atoms with van der Waals surface area (Å²) in [5, 5.41) is 12.9. The molecule has 0 radical (unpaired) electrons. The summed E-state index contributed by atoms with van der Waals surface area (Å²) in [5.41, 5.74) is 4.47. The van der Waals surface area contributed by atoms with Crippen molar-refractivity contribution in [2.75, 3.05) is 23.9 Å². The van der Waals surface area contributed by atoms with E-state index in [1.807, 2.05) is 53.3 Å². The third kappa shape index (κ3) is 5.85. The number of nitrogens with one attached hydrogen (secondary N) is 2. The number of hydrogen-bond acceptors (Lipinski definition) is 9. The molecule has 4 heterocycles. The molecule has 0 aliphatic heterocycles. The van der Waals surface area contributed by atoms with Gasteiger partial charge in [0.2, 0.25) is 0 Å². The van der Waals surface area contributed by atoms with E-state index in [4.69, 9.17) is 4.42 Å². The van der Waals surface area contributed by atoms with Crippen molar-refractivity contribution in [1.82, 2.24) is 30.0 Å². The first-order valence-corrected chi connectivity index (χ1v) is 14.8.